The van der Waals surface area contributed by atoms with Crippen LogP contribution in [0.4, 0.5) is 19.0 Å². The quantitative estimate of drug-likeness (QED) is 0.696. The van der Waals surface area contributed by atoms with Gasteiger partial charge in [-0.2, -0.15) is 13.2 Å². The molecule has 1 unspecified atom stereocenters. The maximum Gasteiger partial charge on any atom is 0.417 e. The Morgan fingerprint density at radius 3 is 2.73 bits per heavy atom. The summed E-state index contributed by atoms with van der Waals surface area (Å²) >= 11 is 0. The first-order valence-electron chi connectivity index (χ1n) is 8.52. The Kier molecular flexibility index (Phi) is 4.05. The highest BCUT2D eigenvalue weighted by Crippen LogP contribution is 2.32. The molecule has 26 heavy (non-hydrogen) atoms. The molecule has 0 aliphatic carbocycles. The maximum absolute atomic E-state index is 13.0. The normalized spacial score (nSPS) is 18.5. The van der Waals surface area contributed by atoms with Gasteiger partial charge < -0.3 is 4.90 Å². The van der Waals surface area contributed by atoms with E-state index < -0.39 is 11.7 Å². The highest BCUT2D eigenvalue weighted by atomic mass is 19.4. The van der Waals surface area contributed by atoms with Crippen LogP contribution in [0.5, 0.6) is 0 Å². The molecule has 0 N–H and O–H groups in total. The lowest BCUT2D eigenvalue weighted by molar-refractivity contribution is -0.137. The van der Waals surface area contributed by atoms with Crippen LogP contribution in [-0.2, 0) is 6.18 Å². The first-order chi connectivity index (χ1) is 12.4. The minimum atomic E-state index is -4.39. The molecule has 0 saturated carbocycles. The van der Waals surface area contributed by atoms with Crippen molar-refractivity contribution in [1.82, 2.24) is 19.6 Å². The first kappa shape index (κ1) is 16.8. The monoisotopic (exact) mass is 361 g/mol. The SMILES string of the molecule is Cc1cccc(N2CCCC(c3nnc4ccc(C(F)(F)F)cn34)C2)n1. The van der Waals surface area contributed by atoms with Gasteiger partial charge in [0.1, 0.15) is 11.6 Å². The summed E-state index contributed by atoms with van der Waals surface area (Å²) in [4.78, 5) is 6.72. The van der Waals surface area contributed by atoms with E-state index in [2.05, 4.69) is 20.1 Å². The Labute approximate surface area is 148 Å². The summed E-state index contributed by atoms with van der Waals surface area (Å²) in [5, 5.41) is 8.23. The lowest BCUT2D eigenvalue weighted by Gasteiger charge is -2.33. The summed E-state index contributed by atoms with van der Waals surface area (Å²) in [7, 11) is 0. The molecule has 0 spiro atoms. The van der Waals surface area contributed by atoms with Crippen molar-refractivity contribution in [1.29, 1.82) is 0 Å². The minimum absolute atomic E-state index is 0.00421. The number of hydrogen-bond donors (Lipinski definition) is 0. The van der Waals surface area contributed by atoms with E-state index in [4.69, 9.17) is 0 Å². The first-order valence-corrected chi connectivity index (χ1v) is 8.52. The second kappa shape index (κ2) is 6.26. The van der Waals surface area contributed by atoms with Crippen molar-refractivity contribution in [2.45, 2.75) is 31.9 Å². The van der Waals surface area contributed by atoms with E-state index in [0.29, 0.717) is 18.0 Å². The van der Waals surface area contributed by atoms with E-state index in [1.54, 1.807) is 0 Å². The molecule has 0 aromatic carbocycles. The molecule has 4 rings (SSSR count). The molecule has 0 amide bonds. The fourth-order valence-electron chi connectivity index (χ4n) is 3.46. The van der Waals surface area contributed by atoms with Gasteiger partial charge in [-0.25, -0.2) is 4.98 Å². The van der Waals surface area contributed by atoms with Crippen molar-refractivity contribution in [2.24, 2.45) is 0 Å². The van der Waals surface area contributed by atoms with Gasteiger partial charge in [0.2, 0.25) is 0 Å². The number of alkyl halides is 3. The number of nitrogens with zero attached hydrogens (tertiary/aromatic N) is 5. The zero-order chi connectivity index (χ0) is 18.3. The molecule has 0 radical (unpaired) electrons. The molecule has 1 aliphatic rings. The standard InChI is InChI=1S/C18H18F3N5/c1-12-4-2-6-15(22-12)25-9-3-5-13(10-25)17-24-23-16-8-7-14(11-26(16)17)18(19,20)21/h2,4,6-8,11,13H,3,5,9-10H2,1H3. The van der Waals surface area contributed by atoms with Crippen LogP contribution in [0.15, 0.2) is 36.5 Å². The molecule has 8 heteroatoms. The summed E-state index contributed by atoms with van der Waals surface area (Å²) in [6, 6.07) is 8.26. The lowest BCUT2D eigenvalue weighted by atomic mass is 9.97. The van der Waals surface area contributed by atoms with Crippen LogP contribution in [0, 0.1) is 6.92 Å². The van der Waals surface area contributed by atoms with Gasteiger partial charge >= 0.3 is 6.18 Å². The molecule has 5 nitrogen and oxygen atoms in total. The third-order valence-corrected chi connectivity index (χ3v) is 4.74. The van der Waals surface area contributed by atoms with Crippen LogP contribution in [0.25, 0.3) is 5.65 Å². The number of rotatable bonds is 2. The molecule has 3 aromatic heterocycles. The van der Waals surface area contributed by atoms with E-state index in [1.807, 2.05) is 25.1 Å². The Morgan fingerprint density at radius 2 is 1.96 bits per heavy atom. The number of anilines is 1. The minimum Gasteiger partial charge on any atom is -0.356 e. The molecular weight excluding hydrogens is 343 g/mol. The van der Waals surface area contributed by atoms with Crippen molar-refractivity contribution in [3.05, 3.63) is 53.6 Å². The van der Waals surface area contributed by atoms with Crippen molar-refractivity contribution < 1.29 is 13.2 Å². The topological polar surface area (TPSA) is 46.3 Å². The number of hydrogen-bond acceptors (Lipinski definition) is 4. The van der Waals surface area contributed by atoms with Gasteiger partial charge in [-0.15, -0.1) is 10.2 Å². The molecule has 3 aromatic rings. The number of fused-ring (bicyclic) bond motifs is 1. The van der Waals surface area contributed by atoms with Crippen LogP contribution in [-0.4, -0.2) is 32.7 Å². The Balaban J connectivity index is 1.66. The molecule has 4 heterocycles. The zero-order valence-corrected chi connectivity index (χ0v) is 14.2. The molecule has 1 atom stereocenters. The second-order valence-electron chi connectivity index (χ2n) is 6.62. The molecular formula is C18H18F3N5. The second-order valence-corrected chi connectivity index (χ2v) is 6.62. The molecule has 1 aliphatic heterocycles. The number of aryl methyl sites for hydroxylation is 1. The molecule has 1 fully saturated rings. The third kappa shape index (κ3) is 3.11. The molecule has 0 bridgehead atoms. The maximum atomic E-state index is 13.0. The molecule has 136 valence electrons. The average Bonchev–Trinajstić information content (AvgIpc) is 3.04. The smallest absolute Gasteiger partial charge is 0.356 e. The van der Waals surface area contributed by atoms with Crippen molar-refractivity contribution >= 4 is 11.5 Å². The summed E-state index contributed by atoms with van der Waals surface area (Å²) in [6.07, 6.45) is -1.51. The van der Waals surface area contributed by atoms with Gasteiger partial charge in [-0.3, -0.25) is 4.40 Å². The number of piperidine rings is 1. The highest BCUT2D eigenvalue weighted by Gasteiger charge is 2.32. The largest absolute Gasteiger partial charge is 0.417 e. The Bertz CT molecular complexity index is 934. The predicted octanol–water partition coefficient (Wildman–Crippen LogP) is 3.84. The van der Waals surface area contributed by atoms with Crippen LogP contribution in [0.3, 0.4) is 0 Å². The van der Waals surface area contributed by atoms with E-state index >= 15 is 0 Å². The van der Waals surface area contributed by atoms with Gasteiger partial charge in [0, 0.05) is 30.9 Å². The Hall–Kier alpha value is -2.64. The number of pyridine rings is 2. The lowest BCUT2D eigenvalue weighted by Crippen LogP contribution is -2.35. The highest BCUT2D eigenvalue weighted by molar-refractivity contribution is 5.43. The predicted molar refractivity (Wildman–Crippen MR) is 91.2 cm³/mol. The summed E-state index contributed by atoms with van der Waals surface area (Å²) in [6.45, 7) is 3.47. The van der Waals surface area contributed by atoms with Gasteiger partial charge in [-0.05, 0) is 44.0 Å². The Morgan fingerprint density at radius 1 is 1.12 bits per heavy atom. The summed E-state index contributed by atoms with van der Waals surface area (Å²) in [5.74, 6) is 1.47. The van der Waals surface area contributed by atoms with Gasteiger partial charge in [0.25, 0.3) is 0 Å². The summed E-state index contributed by atoms with van der Waals surface area (Å²) in [5.41, 5.74) is 0.672. The van der Waals surface area contributed by atoms with Gasteiger partial charge in [0.05, 0.1) is 5.56 Å². The number of aromatic nitrogens is 4. The van der Waals surface area contributed by atoms with E-state index in [-0.39, 0.29) is 5.92 Å². The average molecular weight is 361 g/mol. The summed E-state index contributed by atoms with van der Waals surface area (Å²) < 4.78 is 40.6. The number of halogens is 3. The van der Waals surface area contributed by atoms with Crippen LogP contribution in [0.1, 0.15) is 35.8 Å². The zero-order valence-electron chi connectivity index (χ0n) is 14.2. The van der Waals surface area contributed by atoms with Crippen LogP contribution >= 0.6 is 0 Å². The van der Waals surface area contributed by atoms with E-state index in [0.717, 1.165) is 43.2 Å². The fraction of sp³-hybridized carbons (Fsp3) is 0.389. The van der Waals surface area contributed by atoms with Crippen molar-refractivity contribution in [2.75, 3.05) is 18.0 Å². The van der Waals surface area contributed by atoms with Crippen molar-refractivity contribution in [3.8, 4) is 0 Å². The van der Waals surface area contributed by atoms with Crippen molar-refractivity contribution in [3.63, 3.8) is 0 Å². The fourth-order valence-corrected chi connectivity index (χ4v) is 3.46. The third-order valence-electron chi connectivity index (χ3n) is 4.74. The van der Waals surface area contributed by atoms with E-state index in [1.165, 1.54) is 10.5 Å². The van der Waals surface area contributed by atoms with E-state index in [9.17, 15) is 13.2 Å². The van der Waals surface area contributed by atoms with Gasteiger partial charge in [0.15, 0.2) is 5.65 Å². The van der Waals surface area contributed by atoms with Crippen LogP contribution < -0.4 is 4.90 Å². The van der Waals surface area contributed by atoms with Crippen LogP contribution in [0.2, 0.25) is 0 Å². The van der Waals surface area contributed by atoms with Gasteiger partial charge in [-0.1, -0.05) is 6.07 Å². The molecule has 1 saturated heterocycles.